The van der Waals surface area contributed by atoms with Crippen molar-refractivity contribution < 1.29 is 9.84 Å². The molecule has 1 heterocycles. The predicted molar refractivity (Wildman–Crippen MR) is 80.3 cm³/mol. The number of anilines is 1. The number of rotatable bonds is 2. The van der Waals surface area contributed by atoms with E-state index in [4.69, 9.17) is 10.5 Å². The molecule has 3 nitrogen and oxygen atoms in total. The van der Waals surface area contributed by atoms with E-state index >= 15 is 0 Å². The third-order valence-corrected chi connectivity index (χ3v) is 5.06. The summed E-state index contributed by atoms with van der Waals surface area (Å²) in [6.07, 6.45) is 7.59. The van der Waals surface area contributed by atoms with Gasteiger partial charge in [0.2, 0.25) is 0 Å². The Labute approximate surface area is 121 Å². The van der Waals surface area contributed by atoms with Crippen LogP contribution >= 0.6 is 0 Å². The fourth-order valence-corrected chi connectivity index (χ4v) is 3.91. The smallest absolute Gasteiger partial charge is 0.0839 e. The van der Waals surface area contributed by atoms with Crippen LogP contribution in [0.1, 0.15) is 56.6 Å². The Morgan fingerprint density at radius 3 is 2.70 bits per heavy atom. The number of hydrogen-bond donors (Lipinski definition) is 2. The first-order chi connectivity index (χ1) is 9.70. The molecule has 3 N–H and O–H groups in total. The van der Waals surface area contributed by atoms with Crippen LogP contribution in [-0.2, 0) is 4.74 Å². The number of aliphatic hydroxyl groups excluding tert-OH is 1. The van der Waals surface area contributed by atoms with Crippen molar-refractivity contribution in [2.24, 2.45) is 5.92 Å². The molecule has 110 valence electrons. The number of nitrogens with two attached hydrogens (primary N) is 1. The minimum Gasteiger partial charge on any atom is -0.398 e. The molecule has 2 atom stereocenters. The standard InChI is InChI=1S/C17H25NO2/c18-15-7-3-2-6-14(15)16(19)13-8-11-20-17(12-13)9-4-1-5-10-17/h2-3,6-7,13,16,19H,1,4-5,8-12,18H2. The molecule has 3 heteroatoms. The van der Waals surface area contributed by atoms with Gasteiger partial charge in [0, 0.05) is 17.9 Å². The maximum Gasteiger partial charge on any atom is 0.0839 e. The molecule has 2 unspecified atom stereocenters. The second-order valence-electron chi connectivity index (χ2n) is 6.42. The fourth-order valence-electron chi connectivity index (χ4n) is 3.91. The van der Waals surface area contributed by atoms with Crippen molar-refractivity contribution in [1.29, 1.82) is 0 Å². The number of benzene rings is 1. The van der Waals surface area contributed by atoms with Gasteiger partial charge in [-0.3, -0.25) is 0 Å². The number of para-hydroxylation sites is 1. The van der Waals surface area contributed by atoms with Crippen LogP contribution in [0.5, 0.6) is 0 Å². The first kappa shape index (κ1) is 13.9. The van der Waals surface area contributed by atoms with Gasteiger partial charge in [0.1, 0.15) is 0 Å². The van der Waals surface area contributed by atoms with Gasteiger partial charge < -0.3 is 15.6 Å². The SMILES string of the molecule is Nc1ccccc1C(O)C1CCOC2(CCCCC2)C1. The molecular formula is C17H25NO2. The van der Waals surface area contributed by atoms with Crippen LogP contribution in [-0.4, -0.2) is 17.3 Å². The molecule has 0 amide bonds. The molecule has 1 saturated heterocycles. The van der Waals surface area contributed by atoms with E-state index in [1.54, 1.807) is 0 Å². The van der Waals surface area contributed by atoms with Crippen molar-refractivity contribution in [1.82, 2.24) is 0 Å². The fraction of sp³-hybridized carbons (Fsp3) is 0.647. The first-order valence-electron chi connectivity index (χ1n) is 7.87. The molecule has 0 bridgehead atoms. The third kappa shape index (κ3) is 2.70. The lowest BCUT2D eigenvalue weighted by Gasteiger charge is -2.44. The highest BCUT2D eigenvalue weighted by molar-refractivity contribution is 5.47. The lowest BCUT2D eigenvalue weighted by molar-refractivity contribution is -0.134. The van der Waals surface area contributed by atoms with Crippen molar-refractivity contribution in [2.45, 2.75) is 56.7 Å². The summed E-state index contributed by atoms with van der Waals surface area (Å²) in [6, 6.07) is 7.68. The van der Waals surface area contributed by atoms with Crippen LogP contribution in [0.3, 0.4) is 0 Å². The first-order valence-corrected chi connectivity index (χ1v) is 7.87. The predicted octanol–water partition coefficient (Wildman–Crippen LogP) is 3.43. The minimum absolute atomic E-state index is 0.0334. The molecule has 3 rings (SSSR count). The Morgan fingerprint density at radius 2 is 1.95 bits per heavy atom. The van der Waals surface area contributed by atoms with Crippen LogP contribution in [0.2, 0.25) is 0 Å². The van der Waals surface area contributed by atoms with E-state index in [0.717, 1.165) is 37.9 Å². The molecule has 1 saturated carbocycles. The van der Waals surface area contributed by atoms with Gasteiger partial charge in [-0.1, -0.05) is 37.5 Å². The van der Waals surface area contributed by atoms with Crippen LogP contribution in [0.4, 0.5) is 5.69 Å². The average molecular weight is 275 g/mol. The normalized spacial score (nSPS) is 27.4. The van der Waals surface area contributed by atoms with Crippen molar-refractivity contribution >= 4 is 5.69 Å². The van der Waals surface area contributed by atoms with E-state index in [-0.39, 0.29) is 11.5 Å². The van der Waals surface area contributed by atoms with Crippen molar-refractivity contribution in [3.8, 4) is 0 Å². The summed E-state index contributed by atoms with van der Waals surface area (Å²) in [5.74, 6) is 0.270. The van der Waals surface area contributed by atoms with Gasteiger partial charge in [-0.25, -0.2) is 0 Å². The van der Waals surface area contributed by atoms with Gasteiger partial charge in [-0.2, -0.15) is 0 Å². The minimum atomic E-state index is -0.459. The van der Waals surface area contributed by atoms with E-state index in [9.17, 15) is 5.11 Å². The number of aliphatic hydroxyl groups is 1. The highest BCUT2D eigenvalue weighted by Gasteiger charge is 2.40. The lowest BCUT2D eigenvalue weighted by atomic mass is 9.73. The van der Waals surface area contributed by atoms with Crippen LogP contribution < -0.4 is 5.73 Å². The summed E-state index contributed by atoms with van der Waals surface area (Å²) in [5, 5.41) is 10.7. The van der Waals surface area contributed by atoms with E-state index in [0.29, 0.717) is 5.69 Å². The Kier molecular flexibility index (Phi) is 3.99. The quantitative estimate of drug-likeness (QED) is 0.813. The topological polar surface area (TPSA) is 55.5 Å². The Balaban J connectivity index is 1.75. The monoisotopic (exact) mass is 275 g/mol. The molecule has 0 aromatic heterocycles. The molecule has 20 heavy (non-hydrogen) atoms. The van der Waals surface area contributed by atoms with Gasteiger partial charge in [0.15, 0.2) is 0 Å². The highest BCUT2D eigenvalue weighted by Crippen LogP contribution is 2.44. The van der Waals surface area contributed by atoms with Crippen LogP contribution in [0, 0.1) is 5.92 Å². The van der Waals surface area contributed by atoms with Crippen molar-refractivity contribution in [2.75, 3.05) is 12.3 Å². The Hall–Kier alpha value is -1.06. The number of ether oxygens (including phenoxy) is 1. The largest absolute Gasteiger partial charge is 0.398 e. The number of hydrogen-bond acceptors (Lipinski definition) is 3. The van der Waals surface area contributed by atoms with E-state index in [1.807, 2.05) is 24.3 Å². The molecule has 2 fully saturated rings. The Bertz CT molecular complexity index is 449. The van der Waals surface area contributed by atoms with Gasteiger partial charge >= 0.3 is 0 Å². The zero-order chi connectivity index (χ0) is 14.0. The summed E-state index contributed by atoms with van der Waals surface area (Å²) in [5.41, 5.74) is 7.62. The summed E-state index contributed by atoms with van der Waals surface area (Å²) in [6.45, 7) is 0.772. The lowest BCUT2D eigenvalue weighted by Crippen LogP contribution is -2.42. The van der Waals surface area contributed by atoms with E-state index < -0.39 is 6.10 Å². The molecule has 2 aliphatic rings. The average Bonchev–Trinajstić information content (AvgIpc) is 2.48. The van der Waals surface area contributed by atoms with Gasteiger partial charge in [-0.15, -0.1) is 0 Å². The van der Waals surface area contributed by atoms with E-state index in [1.165, 1.54) is 19.3 Å². The second kappa shape index (κ2) is 5.74. The maximum atomic E-state index is 10.7. The summed E-state index contributed by atoms with van der Waals surface area (Å²) in [4.78, 5) is 0. The Morgan fingerprint density at radius 1 is 1.20 bits per heavy atom. The summed E-state index contributed by atoms with van der Waals surface area (Å²) in [7, 11) is 0. The van der Waals surface area contributed by atoms with Crippen LogP contribution in [0.25, 0.3) is 0 Å². The van der Waals surface area contributed by atoms with Crippen LogP contribution in [0.15, 0.2) is 24.3 Å². The number of nitrogen functional groups attached to an aromatic ring is 1. The maximum absolute atomic E-state index is 10.7. The zero-order valence-corrected chi connectivity index (χ0v) is 12.1. The molecule has 1 aromatic rings. The van der Waals surface area contributed by atoms with Crippen molar-refractivity contribution in [3.05, 3.63) is 29.8 Å². The molecule has 0 radical (unpaired) electrons. The second-order valence-corrected chi connectivity index (χ2v) is 6.42. The van der Waals surface area contributed by atoms with Crippen molar-refractivity contribution in [3.63, 3.8) is 0 Å². The van der Waals surface area contributed by atoms with Gasteiger partial charge in [-0.05, 0) is 37.7 Å². The molecule has 1 aliphatic heterocycles. The van der Waals surface area contributed by atoms with Gasteiger partial charge in [0.05, 0.1) is 11.7 Å². The third-order valence-electron chi connectivity index (χ3n) is 5.06. The van der Waals surface area contributed by atoms with E-state index in [2.05, 4.69) is 0 Å². The highest BCUT2D eigenvalue weighted by atomic mass is 16.5. The molecule has 1 aliphatic carbocycles. The molecular weight excluding hydrogens is 250 g/mol. The summed E-state index contributed by atoms with van der Waals surface area (Å²) >= 11 is 0. The molecule has 1 aromatic carbocycles. The molecule has 1 spiro atoms. The zero-order valence-electron chi connectivity index (χ0n) is 12.1. The van der Waals surface area contributed by atoms with Gasteiger partial charge in [0.25, 0.3) is 0 Å². The summed E-state index contributed by atoms with van der Waals surface area (Å²) < 4.78 is 6.11.